The van der Waals surface area contributed by atoms with E-state index in [-0.39, 0.29) is 28.8 Å². The summed E-state index contributed by atoms with van der Waals surface area (Å²) in [5.74, 6) is -0.229. The van der Waals surface area contributed by atoms with Crippen molar-refractivity contribution >= 4 is 11.8 Å². The molecule has 1 heterocycles. The van der Waals surface area contributed by atoms with Crippen LogP contribution in [0.3, 0.4) is 0 Å². The molecule has 0 unspecified atom stereocenters. The van der Waals surface area contributed by atoms with E-state index < -0.39 is 5.82 Å². The molecule has 7 heteroatoms. The Morgan fingerprint density at radius 1 is 0.958 bits per heavy atom. The highest BCUT2D eigenvalue weighted by Crippen LogP contribution is 2.35. The van der Waals surface area contributed by atoms with Crippen molar-refractivity contribution in [2.75, 3.05) is 11.5 Å². The zero-order chi connectivity index (χ0) is 17.1. The predicted molar refractivity (Wildman–Crippen MR) is 87.5 cm³/mol. The molecule has 0 amide bonds. The number of nitrogens with two attached hydrogens (primary N) is 2. The second-order valence-corrected chi connectivity index (χ2v) is 4.83. The van der Waals surface area contributed by atoms with E-state index in [9.17, 15) is 9.65 Å². The van der Waals surface area contributed by atoms with Gasteiger partial charge in [0.15, 0.2) is 11.6 Å². The van der Waals surface area contributed by atoms with Gasteiger partial charge in [0.2, 0.25) is 5.95 Å². The van der Waals surface area contributed by atoms with Crippen LogP contribution in [0.1, 0.15) is 5.56 Å². The zero-order valence-electron chi connectivity index (χ0n) is 12.4. The topological polar surface area (TPSA) is 111 Å². The van der Waals surface area contributed by atoms with Crippen LogP contribution in [0.2, 0.25) is 0 Å². The summed E-state index contributed by atoms with van der Waals surface area (Å²) < 4.78 is 19.5. The number of para-hydroxylation sites is 2. The Morgan fingerprint density at radius 3 is 2.33 bits per heavy atom. The normalized spacial score (nSPS) is 10.2. The lowest BCUT2D eigenvalue weighted by molar-refractivity contribution is 0.443. The molecule has 0 spiro atoms. The minimum absolute atomic E-state index is 0.0271. The highest BCUT2D eigenvalue weighted by atomic mass is 19.1. The van der Waals surface area contributed by atoms with E-state index in [4.69, 9.17) is 16.2 Å². The Bertz CT molecular complexity index is 952. The van der Waals surface area contributed by atoms with Crippen molar-refractivity contribution in [1.82, 2.24) is 9.97 Å². The molecule has 1 aromatic heterocycles. The first-order chi connectivity index (χ1) is 11.6. The maximum Gasteiger partial charge on any atom is 0.222 e. The van der Waals surface area contributed by atoms with E-state index in [0.29, 0.717) is 11.3 Å². The summed E-state index contributed by atoms with van der Waals surface area (Å²) in [5.41, 5.74) is 12.1. The van der Waals surface area contributed by atoms with E-state index in [2.05, 4.69) is 9.97 Å². The first-order valence-corrected chi connectivity index (χ1v) is 6.95. The molecule has 0 fully saturated rings. The van der Waals surface area contributed by atoms with Crippen LogP contribution in [0.25, 0.3) is 11.3 Å². The summed E-state index contributed by atoms with van der Waals surface area (Å²) in [4.78, 5) is 7.87. The number of nitrogen functional groups attached to an aromatic ring is 2. The number of anilines is 2. The van der Waals surface area contributed by atoms with Gasteiger partial charge in [-0.1, -0.05) is 24.3 Å². The van der Waals surface area contributed by atoms with Gasteiger partial charge in [0.1, 0.15) is 23.2 Å². The third kappa shape index (κ3) is 2.80. The molecule has 0 bridgehead atoms. The van der Waals surface area contributed by atoms with Gasteiger partial charge in [0.25, 0.3) is 0 Å². The van der Waals surface area contributed by atoms with Crippen LogP contribution in [0.5, 0.6) is 11.5 Å². The van der Waals surface area contributed by atoms with Crippen molar-refractivity contribution in [1.29, 1.82) is 5.26 Å². The van der Waals surface area contributed by atoms with Gasteiger partial charge < -0.3 is 16.2 Å². The molecule has 6 nitrogen and oxygen atoms in total. The molecule has 118 valence electrons. The molecular weight excluding hydrogens is 309 g/mol. The highest BCUT2D eigenvalue weighted by Gasteiger charge is 2.17. The number of ether oxygens (including phenoxy) is 1. The van der Waals surface area contributed by atoms with E-state index in [1.165, 1.54) is 12.1 Å². The number of nitrogens with zero attached hydrogens (tertiary/aromatic N) is 3. The molecule has 24 heavy (non-hydrogen) atoms. The van der Waals surface area contributed by atoms with Gasteiger partial charge in [-0.3, -0.25) is 0 Å². The Hall–Kier alpha value is -3.66. The van der Waals surface area contributed by atoms with Gasteiger partial charge in [0, 0.05) is 5.56 Å². The molecule has 0 atom stereocenters. The summed E-state index contributed by atoms with van der Waals surface area (Å²) in [6.45, 7) is 0. The lowest BCUT2D eigenvalue weighted by atomic mass is 10.1. The van der Waals surface area contributed by atoms with Crippen LogP contribution in [0.15, 0.2) is 48.5 Å². The second kappa shape index (κ2) is 6.22. The molecule has 3 aromatic rings. The molecule has 0 saturated heterocycles. The molecule has 0 aliphatic carbocycles. The van der Waals surface area contributed by atoms with E-state index in [0.717, 1.165) is 0 Å². The van der Waals surface area contributed by atoms with Gasteiger partial charge in [0.05, 0.1) is 5.69 Å². The van der Waals surface area contributed by atoms with Crippen LogP contribution < -0.4 is 16.2 Å². The number of halogens is 1. The lowest BCUT2D eigenvalue weighted by Crippen LogP contribution is -2.05. The van der Waals surface area contributed by atoms with Crippen LogP contribution in [-0.2, 0) is 0 Å². The Labute approximate surface area is 137 Å². The van der Waals surface area contributed by atoms with Crippen LogP contribution in [0, 0.1) is 17.1 Å². The van der Waals surface area contributed by atoms with Crippen molar-refractivity contribution in [2.24, 2.45) is 0 Å². The predicted octanol–water partition coefficient (Wildman–Crippen LogP) is 3.11. The molecule has 0 aliphatic rings. The molecule has 4 N–H and O–H groups in total. The van der Waals surface area contributed by atoms with E-state index in [1.54, 1.807) is 36.4 Å². The minimum Gasteiger partial charge on any atom is -0.454 e. The minimum atomic E-state index is -0.505. The monoisotopic (exact) mass is 321 g/mol. The van der Waals surface area contributed by atoms with Gasteiger partial charge >= 0.3 is 0 Å². The maximum absolute atomic E-state index is 13.8. The average Bonchev–Trinajstić information content (AvgIpc) is 2.57. The maximum atomic E-state index is 13.8. The summed E-state index contributed by atoms with van der Waals surface area (Å²) in [6.07, 6.45) is 0. The van der Waals surface area contributed by atoms with Gasteiger partial charge in [-0.15, -0.1) is 0 Å². The highest BCUT2D eigenvalue weighted by molar-refractivity contribution is 5.77. The standard InChI is InChI=1S/C17H12FN5O/c18-12-6-2-4-8-14(12)24-13-7-3-1-5-10(13)15-11(9-19)16(20)23-17(21)22-15/h1-8H,(H4,20,21,22,23). The Morgan fingerprint density at radius 2 is 1.62 bits per heavy atom. The van der Waals surface area contributed by atoms with Crippen LogP contribution in [0.4, 0.5) is 16.2 Å². The fourth-order valence-electron chi connectivity index (χ4n) is 2.20. The van der Waals surface area contributed by atoms with Crippen LogP contribution in [-0.4, -0.2) is 9.97 Å². The Kier molecular flexibility index (Phi) is 3.95. The largest absolute Gasteiger partial charge is 0.454 e. The van der Waals surface area contributed by atoms with Crippen molar-refractivity contribution < 1.29 is 9.13 Å². The van der Waals surface area contributed by atoms with Crippen molar-refractivity contribution in [3.8, 4) is 28.8 Å². The summed E-state index contributed by atoms with van der Waals surface area (Å²) in [7, 11) is 0. The van der Waals surface area contributed by atoms with Crippen molar-refractivity contribution in [2.45, 2.75) is 0 Å². The van der Waals surface area contributed by atoms with Gasteiger partial charge in [-0.25, -0.2) is 9.37 Å². The quantitative estimate of drug-likeness (QED) is 0.766. The van der Waals surface area contributed by atoms with Gasteiger partial charge in [-0.2, -0.15) is 10.2 Å². The average molecular weight is 321 g/mol. The first-order valence-electron chi connectivity index (χ1n) is 6.95. The fourth-order valence-corrected chi connectivity index (χ4v) is 2.20. The zero-order valence-corrected chi connectivity index (χ0v) is 12.4. The molecule has 2 aromatic carbocycles. The smallest absolute Gasteiger partial charge is 0.222 e. The third-order valence-corrected chi connectivity index (χ3v) is 3.26. The fraction of sp³-hybridized carbons (Fsp3) is 0. The third-order valence-electron chi connectivity index (χ3n) is 3.26. The number of hydrogen-bond donors (Lipinski definition) is 2. The van der Waals surface area contributed by atoms with Gasteiger partial charge in [-0.05, 0) is 24.3 Å². The second-order valence-electron chi connectivity index (χ2n) is 4.83. The summed E-state index contributed by atoms with van der Waals surface area (Å²) >= 11 is 0. The summed E-state index contributed by atoms with van der Waals surface area (Å²) in [5, 5.41) is 9.32. The number of rotatable bonds is 3. The number of benzene rings is 2. The molecular formula is C17H12FN5O. The molecule has 0 saturated carbocycles. The lowest BCUT2D eigenvalue weighted by Gasteiger charge is -2.13. The number of aromatic nitrogens is 2. The van der Waals surface area contributed by atoms with Crippen molar-refractivity contribution in [3.05, 3.63) is 59.9 Å². The first kappa shape index (κ1) is 15.2. The number of hydrogen-bond acceptors (Lipinski definition) is 6. The van der Waals surface area contributed by atoms with Crippen LogP contribution >= 0.6 is 0 Å². The van der Waals surface area contributed by atoms with E-state index in [1.807, 2.05) is 6.07 Å². The van der Waals surface area contributed by atoms with E-state index >= 15 is 0 Å². The Balaban J connectivity index is 2.15. The molecule has 0 radical (unpaired) electrons. The summed E-state index contributed by atoms with van der Waals surface area (Å²) in [6, 6.07) is 14.7. The SMILES string of the molecule is N#Cc1c(N)nc(N)nc1-c1ccccc1Oc1ccccc1F. The molecule has 0 aliphatic heterocycles. The molecule has 3 rings (SSSR count). The number of nitriles is 1. The van der Waals surface area contributed by atoms with Crippen molar-refractivity contribution in [3.63, 3.8) is 0 Å².